The van der Waals surface area contributed by atoms with Gasteiger partial charge in [-0.2, -0.15) is 0 Å². The monoisotopic (exact) mass is 178 g/mol. The first-order valence-corrected chi connectivity index (χ1v) is 5.71. The minimum absolute atomic E-state index is 1.03. The third-order valence-electron chi connectivity index (χ3n) is 2.91. The van der Waals surface area contributed by atoms with Gasteiger partial charge in [0.05, 0.1) is 0 Å². The van der Waals surface area contributed by atoms with Crippen LogP contribution in [-0.4, -0.2) is 0 Å². The third kappa shape index (κ3) is 4.92. The molecule has 0 spiro atoms. The van der Waals surface area contributed by atoms with Gasteiger partial charge in [-0.05, 0) is 25.7 Å². The second-order valence-corrected chi connectivity index (χ2v) is 4.04. The van der Waals surface area contributed by atoms with Crippen LogP contribution in [-0.2, 0) is 0 Å². The van der Waals surface area contributed by atoms with Crippen LogP contribution in [0.3, 0.4) is 0 Å². The zero-order valence-electron chi connectivity index (χ0n) is 8.84. The molecule has 74 valence electrons. The van der Waals surface area contributed by atoms with Crippen molar-refractivity contribution in [2.75, 3.05) is 0 Å². The van der Waals surface area contributed by atoms with Gasteiger partial charge in [0.2, 0.25) is 0 Å². The average Bonchev–Trinajstić information content (AvgIpc) is 2.19. The molecule has 1 aliphatic rings. The van der Waals surface area contributed by atoms with Crippen molar-refractivity contribution in [1.82, 2.24) is 0 Å². The molecule has 0 bridgehead atoms. The van der Waals surface area contributed by atoms with E-state index < -0.39 is 0 Å². The Labute approximate surface area is 82.7 Å². The Kier molecular flexibility index (Phi) is 5.64. The van der Waals surface area contributed by atoms with E-state index in [1.165, 1.54) is 44.9 Å². The third-order valence-corrected chi connectivity index (χ3v) is 2.91. The van der Waals surface area contributed by atoms with E-state index in [0.717, 1.165) is 5.92 Å². The molecule has 1 fully saturated rings. The standard InChI is InChI=1S/C13H22/c1-2-3-4-5-7-10-13-11-8-6-9-12-13/h2-5,13H,6-12H2,1H3/b3-2-,5-4-. The van der Waals surface area contributed by atoms with E-state index in [0.29, 0.717) is 0 Å². The molecular weight excluding hydrogens is 156 g/mol. The maximum atomic E-state index is 2.30. The van der Waals surface area contributed by atoms with Gasteiger partial charge in [-0.3, -0.25) is 0 Å². The van der Waals surface area contributed by atoms with Crippen molar-refractivity contribution >= 4 is 0 Å². The molecule has 0 nitrogen and oxygen atoms in total. The zero-order chi connectivity index (χ0) is 9.36. The summed E-state index contributed by atoms with van der Waals surface area (Å²) < 4.78 is 0. The van der Waals surface area contributed by atoms with Gasteiger partial charge in [-0.15, -0.1) is 0 Å². The van der Waals surface area contributed by atoms with Gasteiger partial charge in [-0.25, -0.2) is 0 Å². The van der Waals surface area contributed by atoms with Crippen molar-refractivity contribution in [3.05, 3.63) is 24.3 Å². The van der Waals surface area contributed by atoms with Crippen molar-refractivity contribution in [2.24, 2.45) is 5.92 Å². The van der Waals surface area contributed by atoms with Crippen LogP contribution in [0, 0.1) is 5.92 Å². The summed E-state index contributed by atoms with van der Waals surface area (Å²) >= 11 is 0. The Morgan fingerprint density at radius 1 is 1.08 bits per heavy atom. The summed E-state index contributed by atoms with van der Waals surface area (Å²) in [5.74, 6) is 1.03. The SMILES string of the molecule is C/C=C\C=C/CCC1CCCCC1. The van der Waals surface area contributed by atoms with Crippen molar-refractivity contribution in [3.63, 3.8) is 0 Å². The fourth-order valence-electron chi connectivity index (χ4n) is 2.09. The first-order chi connectivity index (χ1) is 6.43. The molecule has 0 amide bonds. The smallest absolute Gasteiger partial charge is 0.0345 e. The first-order valence-electron chi connectivity index (χ1n) is 5.71. The van der Waals surface area contributed by atoms with Crippen molar-refractivity contribution < 1.29 is 0 Å². The van der Waals surface area contributed by atoms with Crippen LogP contribution in [0.25, 0.3) is 0 Å². The van der Waals surface area contributed by atoms with Crippen molar-refractivity contribution in [1.29, 1.82) is 0 Å². The van der Waals surface area contributed by atoms with Gasteiger partial charge in [0.25, 0.3) is 0 Å². The predicted molar refractivity (Wildman–Crippen MR) is 59.8 cm³/mol. The Bertz CT molecular complexity index is 159. The lowest BCUT2D eigenvalue weighted by atomic mass is 9.86. The van der Waals surface area contributed by atoms with Crippen molar-refractivity contribution in [2.45, 2.75) is 51.9 Å². The van der Waals surface area contributed by atoms with Crippen LogP contribution in [0.15, 0.2) is 24.3 Å². The lowest BCUT2D eigenvalue weighted by Gasteiger charge is -2.20. The highest BCUT2D eigenvalue weighted by atomic mass is 14.2. The molecule has 0 atom stereocenters. The predicted octanol–water partition coefficient (Wildman–Crippen LogP) is 4.48. The van der Waals surface area contributed by atoms with E-state index in [4.69, 9.17) is 0 Å². The summed E-state index contributed by atoms with van der Waals surface area (Å²) in [7, 11) is 0. The molecule has 0 heterocycles. The van der Waals surface area contributed by atoms with E-state index in [1.54, 1.807) is 0 Å². The molecule has 0 saturated heterocycles. The Balaban J connectivity index is 2.04. The molecule has 0 heteroatoms. The van der Waals surface area contributed by atoms with Crippen LogP contribution in [0.4, 0.5) is 0 Å². The number of rotatable bonds is 4. The highest BCUT2D eigenvalue weighted by Crippen LogP contribution is 2.27. The second kappa shape index (κ2) is 6.94. The molecule has 0 N–H and O–H groups in total. The van der Waals surface area contributed by atoms with Gasteiger partial charge in [-0.1, -0.05) is 56.4 Å². The molecule has 0 aromatic rings. The minimum atomic E-state index is 1.03. The number of hydrogen-bond donors (Lipinski definition) is 0. The molecule has 1 rings (SSSR count). The maximum absolute atomic E-state index is 2.30. The minimum Gasteiger partial charge on any atom is -0.0877 e. The van der Waals surface area contributed by atoms with E-state index in [9.17, 15) is 0 Å². The summed E-state index contributed by atoms with van der Waals surface area (Å²) in [6, 6.07) is 0. The molecule has 13 heavy (non-hydrogen) atoms. The summed E-state index contributed by atoms with van der Waals surface area (Å²) in [5, 5.41) is 0. The van der Waals surface area contributed by atoms with Crippen LogP contribution >= 0.6 is 0 Å². The van der Waals surface area contributed by atoms with Gasteiger partial charge in [0.1, 0.15) is 0 Å². The van der Waals surface area contributed by atoms with Crippen LogP contribution < -0.4 is 0 Å². The van der Waals surface area contributed by atoms with Gasteiger partial charge in [0, 0.05) is 0 Å². The highest BCUT2D eigenvalue weighted by Gasteiger charge is 2.11. The maximum Gasteiger partial charge on any atom is -0.0345 e. The van der Waals surface area contributed by atoms with Crippen LogP contribution in [0.5, 0.6) is 0 Å². The molecule has 0 aromatic carbocycles. The van der Waals surface area contributed by atoms with Gasteiger partial charge >= 0.3 is 0 Å². The van der Waals surface area contributed by atoms with E-state index >= 15 is 0 Å². The Morgan fingerprint density at radius 2 is 1.85 bits per heavy atom. The topological polar surface area (TPSA) is 0 Å². The van der Waals surface area contributed by atoms with Crippen LogP contribution in [0.1, 0.15) is 51.9 Å². The largest absolute Gasteiger partial charge is 0.0877 e. The molecule has 0 unspecified atom stereocenters. The van der Waals surface area contributed by atoms with Crippen LogP contribution in [0.2, 0.25) is 0 Å². The van der Waals surface area contributed by atoms with E-state index in [2.05, 4.69) is 31.2 Å². The fourth-order valence-corrected chi connectivity index (χ4v) is 2.09. The summed E-state index contributed by atoms with van der Waals surface area (Å²) in [6.07, 6.45) is 18.7. The number of allylic oxidation sites excluding steroid dienone is 4. The van der Waals surface area contributed by atoms with E-state index in [1.807, 2.05) is 0 Å². The zero-order valence-corrected chi connectivity index (χ0v) is 8.84. The molecule has 1 aliphatic carbocycles. The first kappa shape index (κ1) is 10.6. The second-order valence-electron chi connectivity index (χ2n) is 4.04. The van der Waals surface area contributed by atoms with Crippen molar-refractivity contribution in [3.8, 4) is 0 Å². The highest BCUT2D eigenvalue weighted by molar-refractivity contribution is 5.00. The van der Waals surface area contributed by atoms with Gasteiger partial charge in [0.15, 0.2) is 0 Å². The molecular formula is C13H22. The molecule has 0 radical (unpaired) electrons. The Hall–Kier alpha value is -0.520. The van der Waals surface area contributed by atoms with E-state index in [-0.39, 0.29) is 0 Å². The quantitative estimate of drug-likeness (QED) is 0.557. The molecule has 0 aromatic heterocycles. The summed E-state index contributed by atoms with van der Waals surface area (Å²) in [5.41, 5.74) is 0. The molecule has 1 saturated carbocycles. The lowest BCUT2D eigenvalue weighted by Crippen LogP contribution is -2.05. The molecule has 0 aliphatic heterocycles. The van der Waals surface area contributed by atoms with Gasteiger partial charge < -0.3 is 0 Å². The average molecular weight is 178 g/mol. The fraction of sp³-hybridized carbons (Fsp3) is 0.692. The Morgan fingerprint density at radius 3 is 2.54 bits per heavy atom. The number of hydrogen-bond acceptors (Lipinski definition) is 0. The normalized spacial score (nSPS) is 20.4. The lowest BCUT2D eigenvalue weighted by molar-refractivity contribution is 0.341. The summed E-state index contributed by atoms with van der Waals surface area (Å²) in [6.45, 7) is 2.06. The summed E-state index contributed by atoms with van der Waals surface area (Å²) in [4.78, 5) is 0.